The Balaban J connectivity index is 4.36. The zero-order chi connectivity index (χ0) is 38.7. The number of hydrogen-bond acceptors (Lipinski definition) is 6. The molecule has 0 heterocycles. The molecule has 0 aromatic heterocycles. The first-order chi connectivity index (χ1) is 26.0. The van der Waals surface area contributed by atoms with E-state index in [9.17, 15) is 14.4 Å². The minimum absolute atomic E-state index is 0.0990. The van der Waals surface area contributed by atoms with Crippen molar-refractivity contribution in [1.82, 2.24) is 0 Å². The lowest BCUT2D eigenvalue weighted by Gasteiger charge is -2.18. The number of allylic oxidation sites excluding steroid dienone is 14. The van der Waals surface area contributed by atoms with Crippen molar-refractivity contribution in [3.8, 4) is 0 Å². The molecule has 0 aliphatic rings. The normalized spacial score (nSPS) is 12.9. The maximum Gasteiger partial charge on any atom is 0.306 e. The van der Waals surface area contributed by atoms with Gasteiger partial charge < -0.3 is 14.2 Å². The summed E-state index contributed by atoms with van der Waals surface area (Å²) >= 11 is 0. The Morgan fingerprint density at radius 2 is 0.736 bits per heavy atom. The molecule has 0 aliphatic carbocycles. The number of carbonyl (C=O) groups excluding carboxylic acids is 3. The maximum atomic E-state index is 12.6. The van der Waals surface area contributed by atoms with Gasteiger partial charge in [0.2, 0.25) is 0 Å². The summed E-state index contributed by atoms with van der Waals surface area (Å²) in [6.45, 7) is 6.24. The largest absolute Gasteiger partial charge is 0.462 e. The standard InChI is InChI=1S/C47H76O6/c1-4-7-10-13-15-17-19-21-22-23-24-26-27-29-31-34-37-40-46(49)52-43-44(42-51-45(48)39-36-33-12-9-6-3)53-47(50)41-38-35-32-30-28-25-20-18-16-14-11-8-5-2/h7-8,10-11,15-18,21-22,24-26,28,44H,4-6,9,12-14,19-20,23,27,29-43H2,1-3H3/b10-7-,11-8-,17-15-,18-16-,22-21-,26-24-,28-25-. The quantitative estimate of drug-likeness (QED) is 0.0276. The van der Waals surface area contributed by atoms with Gasteiger partial charge in [-0.2, -0.15) is 0 Å². The van der Waals surface area contributed by atoms with E-state index in [1.807, 2.05) is 0 Å². The average molecular weight is 737 g/mol. The summed E-state index contributed by atoms with van der Waals surface area (Å²) in [4.78, 5) is 37.4. The Kier molecular flexibility index (Phi) is 38.7. The summed E-state index contributed by atoms with van der Waals surface area (Å²) < 4.78 is 16.5. The maximum absolute atomic E-state index is 12.6. The summed E-state index contributed by atoms with van der Waals surface area (Å²) in [7, 11) is 0. The molecule has 1 unspecified atom stereocenters. The van der Waals surface area contributed by atoms with Gasteiger partial charge in [0, 0.05) is 19.3 Å². The molecule has 0 aromatic carbocycles. The van der Waals surface area contributed by atoms with Crippen LogP contribution in [0.15, 0.2) is 85.1 Å². The molecule has 6 heteroatoms. The highest BCUT2D eigenvalue weighted by molar-refractivity contribution is 5.71. The molecule has 0 rings (SSSR count). The Labute approximate surface area is 325 Å². The van der Waals surface area contributed by atoms with E-state index in [0.29, 0.717) is 12.8 Å². The molecule has 300 valence electrons. The van der Waals surface area contributed by atoms with Crippen LogP contribution in [0.25, 0.3) is 0 Å². The predicted molar refractivity (Wildman–Crippen MR) is 224 cm³/mol. The molecular formula is C47H76O6. The van der Waals surface area contributed by atoms with Gasteiger partial charge in [-0.05, 0) is 89.9 Å². The minimum atomic E-state index is -0.796. The highest BCUT2D eigenvalue weighted by atomic mass is 16.6. The van der Waals surface area contributed by atoms with Crippen molar-refractivity contribution in [3.05, 3.63) is 85.1 Å². The van der Waals surface area contributed by atoms with Crippen LogP contribution in [0.1, 0.15) is 175 Å². The van der Waals surface area contributed by atoms with E-state index in [4.69, 9.17) is 14.2 Å². The molecule has 6 nitrogen and oxygen atoms in total. The lowest BCUT2D eigenvalue weighted by molar-refractivity contribution is -0.167. The number of unbranched alkanes of at least 4 members (excludes halogenated alkanes) is 11. The van der Waals surface area contributed by atoms with Crippen molar-refractivity contribution in [2.45, 2.75) is 181 Å². The topological polar surface area (TPSA) is 78.9 Å². The second-order valence-electron chi connectivity index (χ2n) is 13.5. The van der Waals surface area contributed by atoms with E-state index >= 15 is 0 Å². The highest BCUT2D eigenvalue weighted by Gasteiger charge is 2.19. The fourth-order valence-corrected chi connectivity index (χ4v) is 5.27. The van der Waals surface area contributed by atoms with Gasteiger partial charge in [0.15, 0.2) is 6.10 Å². The van der Waals surface area contributed by atoms with Gasteiger partial charge in [-0.15, -0.1) is 0 Å². The van der Waals surface area contributed by atoms with Gasteiger partial charge in [0.05, 0.1) is 0 Å². The van der Waals surface area contributed by atoms with Crippen molar-refractivity contribution < 1.29 is 28.6 Å². The van der Waals surface area contributed by atoms with E-state index in [1.165, 1.54) is 0 Å². The fourth-order valence-electron chi connectivity index (χ4n) is 5.27. The molecule has 53 heavy (non-hydrogen) atoms. The molecule has 0 bridgehead atoms. The molecule has 0 aliphatic heterocycles. The fraction of sp³-hybridized carbons (Fsp3) is 0.638. The predicted octanol–water partition coefficient (Wildman–Crippen LogP) is 13.3. The van der Waals surface area contributed by atoms with Gasteiger partial charge in [0.25, 0.3) is 0 Å². The van der Waals surface area contributed by atoms with Crippen molar-refractivity contribution in [2.75, 3.05) is 13.2 Å². The van der Waals surface area contributed by atoms with Crippen molar-refractivity contribution >= 4 is 17.9 Å². The smallest absolute Gasteiger partial charge is 0.306 e. The first-order valence-corrected chi connectivity index (χ1v) is 21.1. The lowest BCUT2D eigenvalue weighted by atomic mass is 10.1. The average Bonchev–Trinajstić information content (AvgIpc) is 3.15. The SMILES string of the molecule is CC/C=C\C/C=C\C/C=C\C/C=C\CCCCCCC(=O)OCC(COC(=O)CCCCCCC)OC(=O)CCCCC/C=C\C/C=C\C/C=C\CC. The molecular weight excluding hydrogens is 661 g/mol. The second-order valence-corrected chi connectivity index (χ2v) is 13.5. The summed E-state index contributed by atoms with van der Waals surface area (Å²) in [5.74, 6) is -0.979. The molecule has 0 aromatic rings. The summed E-state index contributed by atoms with van der Waals surface area (Å²) in [5.41, 5.74) is 0. The highest BCUT2D eigenvalue weighted by Crippen LogP contribution is 2.11. The molecule has 0 amide bonds. The van der Waals surface area contributed by atoms with E-state index in [-0.39, 0.29) is 37.5 Å². The van der Waals surface area contributed by atoms with Gasteiger partial charge >= 0.3 is 17.9 Å². The van der Waals surface area contributed by atoms with Gasteiger partial charge in [-0.3, -0.25) is 14.4 Å². The molecule has 0 saturated heterocycles. The van der Waals surface area contributed by atoms with Crippen LogP contribution < -0.4 is 0 Å². The number of hydrogen-bond donors (Lipinski definition) is 0. The van der Waals surface area contributed by atoms with Crippen LogP contribution in [-0.2, 0) is 28.6 Å². The van der Waals surface area contributed by atoms with Crippen LogP contribution in [0.4, 0.5) is 0 Å². The summed E-state index contributed by atoms with van der Waals surface area (Å²) in [6.07, 6.45) is 51.7. The summed E-state index contributed by atoms with van der Waals surface area (Å²) in [6, 6.07) is 0. The Morgan fingerprint density at radius 3 is 1.15 bits per heavy atom. The van der Waals surface area contributed by atoms with E-state index in [0.717, 1.165) is 135 Å². The number of esters is 3. The van der Waals surface area contributed by atoms with Crippen molar-refractivity contribution in [3.63, 3.8) is 0 Å². The van der Waals surface area contributed by atoms with Crippen LogP contribution in [-0.4, -0.2) is 37.2 Å². The van der Waals surface area contributed by atoms with E-state index in [1.54, 1.807) is 0 Å². The molecule has 0 saturated carbocycles. The number of rotatable bonds is 36. The Bertz CT molecular complexity index is 1080. The van der Waals surface area contributed by atoms with Crippen LogP contribution in [0.5, 0.6) is 0 Å². The molecule has 1 atom stereocenters. The van der Waals surface area contributed by atoms with Crippen LogP contribution in [0.3, 0.4) is 0 Å². The zero-order valence-corrected chi connectivity index (χ0v) is 34.0. The first-order valence-electron chi connectivity index (χ1n) is 21.1. The van der Waals surface area contributed by atoms with E-state index in [2.05, 4.69) is 106 Å². The first kappa shape index (κ1) is 49.6. The lowest BCUT2D eigenvalue weighted by Crippen LogP contribution is -2.30. The third kappa shape index (κ3) is 39.6. The van der Waals surface area contributed by atoms with Crippen LogP contribution in [0, 0.1) is 0 Å². The number of ether oxygens (including phenoxy) is 3. The van der Waals surface area contributed by atoms with Crippen LogP contribution in [0.2, 0.25) is 0 Å². The van der Waals surface area contributed by atoms with Crippen LogP contribution >= 0.6 is 0 Å². The van der Waals surface area contributed by atoms with Crippen molar-refractivity contribution in [1.29, 1.82) is 0 Å². The molecule has 0 fully saturated rings. The number of carbonyl (C=O) groups is 3. The van der Waals surface area contributed by atoms with E-state index < -0.39 is 6.10 Å². The van der Waals surface area contributed by atoms with Crippen molar-refractivity contribution in [2.24, 2.45) is 0 Å². The van der Waals surface area contributed by atoms with Gasteiger partial charge in [-0.1, -0.05) is 151 Å². The Hall–Kier alpha value is -3.41. The molecule has 0 N–H and O–H groups in total. The minimum Gasteiger partial charge on any atom is -0.462 e. The van der Waals surface area contributed by atoms with Gasteiger partial charge in [0.1, 0.15) is 13.2 Å². The third-order valence-corrected chi connectivity index (χ3v) is 8.40. The second kappa shape index (κ2) is 41.3. The Morgan fingerprint density at radius 1 is 0.396 bits per heavy atom. The van der Waals surface area contributed by atoms with Gasteiger partial charge in [-0.25, -0.2) is 0 Å². The summed E-state index contributed by atoms with van der Waals surface area (Å²) in [5, 5.41) is 0. The monoisotopic (exact) mass is 737 g/mol. The third-order valence-electron chi connectivity index (χ3n) is 8.40. The molecule has 0 radical (unpaired) electrons. The zero-order valence-electron chi connectivity index (χ0n) is 34.0. The molecule has 0 spiro atoms.